The van der Waals surface area contributed by atoms with Crippen molar-refractivity contribution in [3.8, 4) is 0 Å². The van der Waals surface area contributed by atoms with E-state index in [1.807, 2.05) is 0 Å². The smallest absolute Gasteiger partial charge is 0.0322 e. The molecule has 0 rings (SSSR count). The van der Waals surface area contributed by atoms with Gasteiger partial charge in [0.25, 0.3) is 0 Å². The fraction of sp³-hybridized carbons (Fsp3) is 0.833. The van der Waals surface area contributed by atoms with Crippen LogP contribution in [0.2, 0.25) is 0 Å². The highest BCUT2D eigenvalue weighted by Gasteiger charge is 2.07. The second-order valence-electron chi connectivity index (χ2n) is 3.86. The van der Waals surface area contributed by atoms with Gasteiger partial charge in [-0.1, -0.05) is 52.7 Å². The molecule has 0 aromatic heterocycles. The maximum atomic E-state index is 2.35. The van der Waals surface area contributed by atoms with Crippen LogP contribution in [0.5, 0.6) is 0 Å². The quantitative estimate of drug-likeness (QED) is 0.515. The minimum Gasteiger partial charge on any atom is -0.0885 e. The van der Waals surface area contributed by atoms with Crippen LogP contribution >= 0.6 is 0 Å². The highest BCUT2D eigenvalue weighted by molar-refractivity contribution is 4.83. The van der Waals surface area contributed by atoms with Gasteiger partial charge in [-0.15, -0.1) is 0 Å². The van der Waals surface area contributed by atoms with Crippen LogP contribution in [0, 0.1) is 11.8 Å². The van der Waals surface area contributed by atoms with Crippen LogP contribution in [0.25, 0.3) is 0 Å². The minimum absolute atomic E-state index is 0.850. The number of allylic oxidation sites excluding steroid dienone is 2. The zero-order chi connectivity index (χ0) is 9.40. The third-order valence-electron chi connectivity index (χ3n) is 2.75. The Labute approximate surface area is 78.1 Å². The summed E-state index contributed by atoms with van der Waals surface area (Å²) in [7, 11) is 0. The summed E-state index contributed by atoms with van der Waals surface area (Å²) in [5.74, 6) is 1.72. The molecular formula is C12H24. The first kappa shape index (κ1) is 11.7. The van der Waals surface area contributed by atoms with Crippen molar-refractivity contribution in [1.29, 1.82) is 0 Å². The first-order valence-electron chi connectivity index (χ1n) is 5.37. The first-order chi connectivity index (χ1) is 5.72. The lowest BCUT2D eigenvalue weighted by Gasteiger charge is -2.15. The van der Waals surface area contributed by atoms with Crippen LogP contribution in [0.15, 0.2) is 12.2 Å². The Morgan fingerprint density at radius 3 is 2.17 bits per heavy atom. The molecule has 0 heterocycles. The van der Waals surface area contributed by atoms with Crippen molar-refractivity contribution >= 4 is 0 Å². The van der Waals surface area contributed by atoms with Crippen LogP contribution < -0.4 is 0 Å². The number of unbranched alkanes of at least 4 members (excludes halogenated alkanes) is 1. The Kier molecular flexibility index (Phi) is 7.23. The normalized spacial score (nSPS) is 16.7. The molecule has 0 aromatic carbocycles. The summed E-state index contributed by atoms with van der Waals surface area (Å²) in [5.41, 5.74) is 0. The second-order valence-corrected chi connectivity index (χ2v) is 3.86. The van der Waals surface area contributed by atoms with E-state index >= 15 is 0 Å². The maximum absolute atomic E-state index is 2.35. The average molecular weight is 168 g/mol. The Morgan fingerprint density at radius 1 is 1.00 bits per heavy atom. The highest BCUT2D eigenvalue weighted by atomic mass is 14.1. The molecule has 0 spiro atoms. The van der Waals surface area contributed by atoms with Crippen molar-refractivity contribution in [3.05, 3.63) is 12.2 Å². The molecule has 2 atom stereocenters. The number of rotatable bonds is 6. The third kappa shape index (κ3) is 5.40. The molecular weight excluding hydrogens is 144 g/mol. The van der Waals surface area contributed by atoms with Gasteiger partial charge in [-0.05, 0) is 24.7 Å². The Bertz CT molecular complexity index is 113. The van der Waals surface area contributed by atoms with Gasteiger partial charge in [-0.25, -0.2) is 0 Å². The van der Waals surface area contributed by atoms with Gasteiger partial charge >= 0.3 is 0 Å². The van der Waals surface area contributed by atoms with Gasteiger partial charge in [0.1, 0.15) is 0 Å². The van der Waals surface area contributed by atoms with Crippen LogP contribution in [0.3, 0.4) is 0 Å². The molecule has 0 radical (unpaired) electrons. The van der Waals surface area contributed by atoms with Crippen molar-refractivity contribution in [2.75, 3.05) is 0 Å². The molecule has 0 nitrogen and oxygen atoms in total. The van der Waals surface area contributed by atoms with Crippen LogP contribution in [-0.2, 0) is 0 Å². The van der Waals surface area contributed by atoms with Crippen molar-refractivity contribution < 1.29 is 0 Å². The predicted molar refractivity (Wildman–Crippen MR) is 57.3 cm³/mol. The van der Waals surface area contributed by atoms with Crippen molar-refractivity contribution in [1.82, 2.24) is 0 Å². The van der Waals surface area contributed by atoms with Crippen molar-refractivity contribution in [2.45, 2.75) is 53.4 Å². The third-order valence-corrected chi connectivity index (χ3v) is 2.75. The number of hydrogen-bond donors (Lipinski definition) is 0. The van der Waals surface area contributed by atoms with Crippen LogP contribution in [0.4, 0.5) is 0 Å². The lowest BCUT2D eigenvalue weighted by atomic mass is 9.91. The van der Waals surface area contributed by atoms with Gasteiger partial charge in [0.05, 0.1) is 0 Å². The van der Waals surface area contributed by atoms with E-state index in [0.29, 0.717) is 0 Å². The summed E-state index contributed by atoms with van der Waals surface area (Å²) in [6.07, 6.45) is 9.75. The van der Waals surface area contributed by atoms with Gasteiger partial charge in [-0.2, -0.15) is 0 Å². The van der Waals surface area contributed by atoms with E-state index in [4.69, 9.17) is 0 Å². The summed E-state index contributed by atoms with van der Waals surface area (Å²) in [4.78, 5) is 0. The Balaban J connectivity index is 3.48. The summed E-state index contributed by atoms with van der Waals surface area (Å²) in [5, 5.41) is 0. The molecule has 0 bridgehead atoms. The van der Waals surface area contributed by atoms with Gasteiger partial charge in [0, 0.05) is 0 Å². The lowest BCUT2D eigenvalue weighted by Crippen LogP contribution is -2.05. The monoisotopic (exact) mass is 168 g/mol. The largest absolute Gasteiger partial charge is 0.0885 e. The van der Waals surface area contributed by atoms with Crippen LogP contribution in [0.1, 0.15) is 53.4 Å². The van der Waals surface area contributed by atoms with E-state index in [2.05, 4.69) is 39.8 Å². The van der Waals surface area contributed by atoms with E-state index < -0.39 is 0 Å². The SMILES string of the molecule is CCC/C=C\CC(C)C(C)CC. The zero-order valence-corrected chi connectivity index (χ0v) is 9.14. The Morgan fingerprint density at radius 2 is 1.67 bits per heavy atom. The maximum Gasteiger partial charge on any atom is -0.0322 e. The van der Waals surface area contributed by atoms with Gasteiger partial charge in [0.15, 0.2) is 0 Å². The second kappa shape index (κ2) is 7.39. The fourth-order valence-electron chi connectivity index (χ4n) is 1.23. The first-order valence-corrected chi connectivity index (χ1v) is 5.37. The summed E-state index contributed by atoms with van der Waals surface area (Å²) in [6.45, 7) is 9.20. The van der Waals surface area contributed by atoms with E-state index in [1.54, 1.807) is 0 Å². The molecule has 0 heteroatoms. The molecule has 2 unspecified atom stereocenters. The number of hydrogen-bond acceptors (Lipinski definition) is 0. The summed E-state index contributed by atoms with van der Waals surface area (Å²) < 4.78 is 0. The molecule has 0 saturated heterocycles. The van der Waals surface area contributed by atoms with Crippen molar-refractivity contribution in [3.63, 3.8) is 0 Å². The van der Waals surface area contributed by atoms with Crippen LogP contribution in [-0.4, -0.2) is 0 Å². The molecule has 0 saturated carbocycles. The summed E-state index contributed by atoms with van der Waals surface area (Å²) in [6, 6.07) is 0. The van der Waals surface area contributed by atoms with Gasteiger partial charge < -0.3 is 0 Å². The van der Waals surface area contributed by atoms with Crippen molar-refractivity contribution in [2.24, 2.45) is 11.8 Å². The van der Waals surface area contributed by atoms with E-state index in [0.717, 1.165) is 11.8 Å². The molecule has 0 aromatic rings. The molecule has 0 aliphatic heterocycles. The molecule has 0 amide bonds. The summed E-state index contributed by atoms with van der Waals surface area (Å²) >= 11 is 0. The molecule has 72 valence electrons. The fourth-order valence-corrected chi connectivity index (χ4v) is 1.23. The molecule has 0 N–H and O–H groups in total. The molecule has 0 fully saturated rings. The standard InChI is InChI=1S/C12H24/c1-5-7-8-9-10-12(4)11(3)6-2/h8-9,11-12H,5-7,10H2,1-4H3/b9-8-. The zero-order valence-electron chi connectivity index (χ0n) is 9.14. The molecule has 0 aliphatic carbocycles. The average Bonchev–Trinajstić information content (AvgIpc) is 2.10. The predicted octanol–water partition coefficient (Wildman–Crippen LogP) is 4.42. The molecule has 0 aliphatic rings. The van der Waals surface area contributed by atoms with Gasteiger partial charge in [0.2, 0.25) is 0 Å². The van der Waals surface area contributed by atoms with Gasteiger partial charge in [-0.3, -0.25) is 0 Å². The minimum atomic E-state index is 0.850. The van der Waals surface area contributed by atoms with E-state index in [-0.39, 0.29) is 0 Å². The molecule has 12 heavy (non-hydrogen) atoms. The van der Waals surface area contributed by atoms with E-state index in [1.165, 1.54) is 25.7 Å². The topological polar surface area (TPSA) is 0 Å². The highest BCUT2D eigenvalue weighted by Crippen LogP contribution is 2.18. The van der Waals surface area contributed by atoms with E-state index in [9.17, 15) is 0 Å². The Hall–Kier alpha value is -0.260. The lowest BCUT2D eigenvalue weighted by molar-refractivity contribution is 0.380.